The maximum atomic E-state index is 12.3. The molecule has 0 aliphatic rings. The van der Waals surface area contributed by atoms with Gasteiger partial charge in [-0.25, -0.2) is 4.79 Å². The lowest BCUT2D eigenvalue weighted by Crippen LogP contribution is -2.15. The molecule has 0 fully saturated rings. The minimum atomic E-state index is -2.97. The molecule has 9 heteroatoms. The van der Waals surface area contributed by atoms with Crippen molar-refractivity contribution in [3.63, 3.8) is 0 Å². The standard InChI is InChI=1S/C22H22F2N2O5/c1-14-10-17(15(2)26(14)8-9-29-3)11-18(12-25)21(28)30-13-20(27)16-4-6-19(7-5-16)31-22(23)24/h4-7,10-11,22H,8-9,13H2,1-3H3/b18-11+. The quantitative estimate of drug-likeness (QED) is 0.246. The molecule has 0 saturated heterocycles. The van der Waals surface area contributed by atoms with Crippen molar-refractivity contribution in [1.29, 1.82) is 5.26 Å². The van der Waals surface area contributed by atoms with Gasteiger partial charge in [-0.15, -0.1) is 0 Å². The van der Waals surface area contributed by atoms with E-state index < -0.39 is 25.0 Å². The van der Waals surface area contributed by atoms with Crippen molar-refractivity contribution in [3.05, 3.63) is 58.4 Å². The van der Waals surface area contributed by atoms with Gasteiger partial charge < -0.3 is 18.8 Å². The molecular weight excluding hydrogens is 410 g/mol. The predicted octanol–water partition coefficient (Wildman–Crippen LogP) is 3.69. The summed E-state index contributed by atoms with van der Waals surface area (Å²) >= 11 is 0. The number of methoxy groups -OCH3 is 1. The molecule has 0 saturated carbocycles. The molecule has 7 nitrogen and oxygen atoms in total. The van der Waals surface area contributed by atoms with Crippen molar-refractivity contribution in [2.75, 3.05) is 20.3 Å². The number of nitriles is 1. The van der Waals surface area contributed by atoms with Gasteiger partial charge >= 0.3 is 12.6 Å². The third-order valence-electron chi connectivity index (χ3n) is 4.51. The lowest BCUT2D eigenvalue weighted by Gasteiger charge is -2.08. The zero-order valence-electron chi connectivity index (χ0n) is 17.4. The first-order chi connectivity index (χ1) is 14.8. The number of aromatic nitrogens is 1. The van der Waals surface area contributed by atoms with Crippen molar-refractivity contribution >= 4 is 17.8 Å². The number of hydrogen-bond donors (Lipinski definition) is 0. The van der Waals surface area contributed by atoms with E-state index in [1.165, 1.54) is 30.3 Å². The molecular formula is C22H22F2N2O5. The van der Waals surface area contributed by atoms with Crippen LogP contribution in [0.4, 0.5) is 8.78 Å². The van der Waals surface area contributed by atoms with E-state index in [0.717, 1.165) is 11.4 Å². The Kier molecular flexibility index (Phi) is 8.46. The number of ether oxygens (including phenoxy) is 3. The van der Waals surface area contributed by atoms with Crippen LogP contribution in [0.2, 0.25) is 0 Å². The molecule has 0 N–H and O–H groups in total. The topological polar surface area (TPSA) is 90.5 Å². The van der Waals surface area contributed by atoms with Gasteiger partial charge in [-0.05, 0) is 55.8 Å². The number of aryl methyl sites for hydroxylation is 1. The molecule has 0 atom stereocenters. The number of nitrogens with zero attached hydrogens (tertiary/aromatic N) is 2. The Labute approximate surface area is 178 Å². The van der Waals surface area contributed by atoms with Crippen LogP contribution in [0.1, 0.15) is 27.3 Å². The van der Waals surface area contributed by atoms with Gasteiger partial charge in [0.2, 0.25) is 0 Å². The van der Waals surface area contributed by atoms with Crippen molar-refractivity contribution in [3.8, 4) is 11.8 Å². The summed E-state index contributed by atoms with van der Waals surface area (Å²) in [5.41, 5.74) is 2.39. The molecule has 0 aliphatic carbocycles. The molecule has 0 radical (unpaired) electrons. The van der Waals surface area contributed by atoms with Gasteiger partial charge in [-0.3, -0.25) is 4.79 Å². The van der Waals surface area contributed by atoms with Crippen LogP contribution in [0.15, 0.2) is 35.9 Å². The van der Waals surface area contributed by atoms with Gasteiger partial charge in [0.15, 0.2) is 12.4 Å². The molecule has 0 unspecified atom stereocenters. The normalized spacial score (nSPS) is 11.3. The van der Waals surface area contributed by atoms with E-state index in [-0.39, 0.29) is 16.9 Å². The van der Waals surface area contributed by atoms with Crippen LogP contribution in [0.5, 0.6) is 5.75 Å². The Morgan fingerprint density at radius 1 is 1.23 bits per heavy atom. The molecule has 2 aromatic rings. The maximum absolute atomic E-state index is 12.3. The molecule has 1 heterocycles. The molecule has 1 aromatic carbocycles. The number of ketones is 1. The monoisotopic (exact) mass is 432 g/mol. The van der Waals surface area contributed by atoms with Crippen LogP contribution in [0.25, 0.3) is 6.08 Å². The van der Waals surface area contributed by atoms with E-state index in [1.54, 1.807) is 13.2 Å². The Morgan fingerprint density at radius 3 is 2.48 bits per heavy atom. The highest BCUT2D eigenvalue weighted by atomic mass is 19.3. The van der Waals surface area contributed by atoms with Crippen LogP contribution in [-0.4, -0.2) is 43.3 Å². The molecule has 164 valence electrons. The first-order valence-electron chi connectivity index (χ1n) is 9.29. The number of halogens is 2. The second-order valence-corrected chi connectivity index (χ2v) is 6.54. The van der Waals surface area contributed by atoms with E-state index in [9.17, 15) is 23.6 Å². The largest absolute Gasteiger partial charge is 0.453 e. The van der Waals surface area contributed by atoms with Crippen LogP contribution in [0, 0.1) is 25.2 Å². The van der Waals surface area contributed by atoms with Crippen LogP contribution < -0.4 is 4.74 Å². The maximum Gasteiger partial charge on any atom is 0.387 e. The fourth-order valence-corrected chi connectivity index (χ4v) is 2.91. The molecule has 0 amide bonds. The van der Waals surface area contributed by atoms with Gasteiger partial charge in [0.25, 0.3) is 0 Å². The summed E-state index contributed by atoms with van der Waals surface area (Å²) < 4.78 is 40.6. The second kappa shape index (κ2) is 11.0. The number of esters is 1. The molecule has 0 bridgehead atoms. The van der Waals surface area contributed by atoms with Gasteiger partial charge in [0.05, 0.1) is 6.61 Å². The number of carbonyl (C=O) groups is 2. The minimum Gasteiger partial charge on any atom is -0.453 e. The van der Waals surface area contributed by atoms with Crippen LogP contribution >= 0.6 is 0 Å². The average Bonchev–Trinajstić information content (AvgIpc) is 3.00. The third kappa shape index (κ3) is 6.49. The van der Waals surface area contributed by atoms with E-state index in [2.05, 4.69) is 4.74 Å². The number of carbonyl (C=O) groups excluding carboxylic acids is 2. The summed E-state index contributed by atoms with van der Waals surface area (Å²) in [5.74, 6) is -1.58. The van der Waals surface area contributed by atoms with E-state index in [0.29, 0.717) is 18.7 Å². The fraction of sp³-hybridized carbons (Fsp3) is 0.318. The zero-order chi connectivity index (χ0) is 23.0. The molecule has 1 aromatic heterocycles. The highest BCUT2D eigenvalue weighted by Gasteiger charge is 2.16. The summed E-state index contributed by atoms with van der Waals surface area (Å²) in [4.78, 5) is 24.4. The minimum absolute atomic E-state index is 0.0960. The Balaban J connectivity index is 2.05. The van der Waals surface area contributed by atoms with Crippen molar-refractivity contribution in [1.82, 2.24) is 4.57 Å². The number of hydrogen-bond acceptors (Lipinski definition) is 6. The first kappa shape index (κ1) is 23.8. The SMILES string of the molecule is COCCn1c(C)cc(/C=C(\C#N)C(=O)OCC(=O)c2ccc(OC(F)F)cc2)c1C. The van der Waals surface area contributed by atoms with Gasteiger partial charge in [-0.1, -0.05) is 0 Å². The lowest BCUT2D eigenvalue weighted by atomic mass is 10.1. The fourth-order valence-electron chi connectivity index (χ4n) is 2.91. The zero-order valence-corrected chi connectivity index (χ0v) is 17.4. The van der Waals surface area contributed by atoms with Crippen LogP contribution in [0.3, 0.4) is 0 Å². The van der Waals surface area contributed by atoms with Crippen LogP contribution in [-0.2, 0) is 20.8 Å². The number of alkyl halides is 2. The molecule has 31 heavy (non-hydrogen) atoms. The Morgan fingerprint density at radius 2 is 1.90 bits per heavy atom. The van der Waals surface area contributed by atoms with Crippen molar-refractivity contribution in [2.24, 2.45) is 0 Å². The predicted molar refractivity (Wildman–Crippen MR) is 108 cm³/mol. The average molecular weight is 432 g/mol. The summed E-state index contributed by atoms with van der Waals surface area (Å²) in [5, 5.41) is 9.34. The summed E-state index contributed by atoms with van der Waals surface area (Å²) in [6, 6.07) is 8.61. The van der Waals surface area contributed by atoms with Crippen molar-refractivity contribution < 1.29 is 32.6 Å². The second-order valence-electron chi connectivity index (χ2n) is 6.54. The van der Waals surface area contributed by atoms with E-state index >= 15 is 0 Å². The summed E-state index contributed by atoms with van der Waals surface area (Å²) in [6.07, 6.45) is 1.41. The van der Waals surface area contributed by atoms with E-state index in [4.69, 9.17) is 9.47 Å². The number of rotatable bonds is 10. The molecule has 0 spiro atoms. The van der Waals surface area contributed by atoms with Crippen molar-refractivity contribution in [2.45, 2.75) is 27.0 Å². The molecule has 2 rings (SSSR count). The molecule has 0 aliphatic heterocycles. The van der Waals surface area contributed by atoms with E-state index in [1.807, 2.05) is 24.5 Å². The first-order valence-corrected chi connectivity index (χ1v) is 9.29. The summed E-state index contributed by atoms with van der Waals surface area (Å²) in [6.45, 7) is 1.34. The Bertz CT molecular complexity index is 1000. The third-order valence-corrected chi connectivity index (χ3v) is 4.51. The number of benzene rings is 1. The highest BCUT2D eigenvalue weighted by molar-refractivity contribution is 6.02. The number of Topliss-reactive ketones (excluding diaryl/α,β-unsaturated/α-hetero) is 1. The van der Waals surface area contributed by atoms with Gasteiger partial charge in [-0.2, -0.15) is 14.0 Å². The smallest absolute Gasteiger partial charge is 0.387 e. The Hall–Kier alpha value is -3.51. The lowest BCUT2D eigenvalue weighted by molar-refractivity contribution is -0.137. The summed E-state index contributed by atoms with van der Waals surface area (Å²) in [7, 11) is 1.60. The highest BCUT2D eigenvalue weighted by Crippen LogP contribution is 2.19. The van der Waals surface area contributed by atoms with Gasteiger partial charge in [0.1, 0.15) is 17.4 Å². The van der Waals surface area contributed by atoms with Gasteiger partial charge in [0, 0.05) is 30.6 Å².